The van der Waals surface area contributed by atoms with Crippen LogP contribution in [0.4, 0.5) is 0 Å². The second-order valence-corrected chi connectivity index (χ2v) is 3.66. The Hall–Kier alpha value is -1.15. The quantitative estimate of drug-likeness (QED) is 0.522. The predicted molar refractivity (Wildman–Crippen MR) is 54.4 cm³/mol. The van der Waals surface area contributed by atoms with Crippen LogP contribution in [0, 0.1) is 0 Å². The molecule has 2 rings (SSSR count). The largest absolute Gasteiger partial charge is 0.365 e. The van der Waals surface area contributed by atoms with E-state index in [2.05, 4.69) is 10.3 Å². The molecule has 0 radical (unpaired) electrons. The first-order valence-corrected chi connectivity index (χ1v) is 4.55. The molecule has 2 heterocycles. The summed E-state index contributed by atoms with van der Waals surface area (Å²) in [5, 5.41) is 3.13. The van der Waals surface area contributed by atoms with Crippen molar-refractivity contribution in [1.29, 1.82) is 0 Å². The Balaban J connectivity index is 2.42. The molecule has 0 aliphatic carbocycles. The molecule has 0 saturated carbocycles. The maximum atomic E-state index is 6.43. The van der Waals surface area contributed by atoms with Crippen molar-refractivity contribution in [2.75, 3.05) is 0 Å². The van der Waals surface area contributed by atoms with Crippen LogP contribution >= 0.6 is 11.6 Å². The summed E-state index contributed by atoms with van der Waals surface area (Å²) in [6, 6.07) is 3.91. The van der Waals surface area contributed by atoms with Crippen molar-refractivity contribution in [2.45, 2.75) is 11.9 Å². The Morgan fingerprint density at radius 3 is 2.92 bits per heavy atom. The summed E-state index contributed by atoms with van der Waals surface area (Å²) in [5.74, 6) is 0. The molecule has 1 aliphatic heterocycles. The lowest BCUT2D eigenvalue weighted by atomic mass is 10.0. The lowest BCUT2D eigenvalue weighted by molar-refractivity contribution is 0.609. The molecular weight excluding hydrogens is 184 g/mol. The molecule has 13 heavy (non-hydrogen) atoms. The summed E-state index contributed by atoms with van der Waals surface area (Å²) in [6.07, 6.45) is 7.66. The Morgan fingerprint density at radius 2 is 2.31 bits per heavy atom. The molecule has 0 fully saturated rings. The Labute approximate surface area is 82.3 Å². The smallest absolute Gasteiger partial charge is 0.174 e. The monoisotopic (exact) mass is 194 g/mol. The van der Waals surface area contributed by atoms with Crippen LogP contribution in [0.25, 0.3) is 0 Å². The number of aromatic nitrogens is 1. The van der Waals surface area contributed by atoms with Crippen molar-refractivity contribution in [1.82, 2.24) is 10.3 Å². The fraction of sp³-hybridized carbons (Fsp3) is 0.200. The molecule has 68 valence electrons. The van der Waals surface area contributed by atoms with Crippen LogP contribution in [0.3, 0.4) is 0 Å². The van der Waals surface area contributed by atoms with Crippen LogP contribution in [0.15, 0.2) is 42.3 Å². The van der Waals surface area contributed by atoms with Crippen LogP contribution in [0.5, 0.6) is 0 Å². The van der Waals surface area contributed by atoms with Gasteiger partial charge in [0, 0.05) is 6.20 Å². The number of hydrogen-bond acceptors (Lipinski definition) is 1. The van der Waals surface area contributed by atoms with Crippen LogP contribution in [0.2, 0.25) is 0 Å². The second-order valence-electron chi connectivity index (χ2n) is 3.10. The van der Waals surface area contributed by atoms with Gasteiger partial charge in [-0.3, -0.25) is 0 Å². The lowest BCUT2D eigenvalue weighted by Crippen LogP contribution is -2.36. The van der Waals surface area contributed by atoms with Gasteiger partial charge in [0.2, 0.25) is 0 Å². The van der Waals surface area contributed by atoms with Gasteiger partial charge < -0.3 is 10.3 Å². The summed E-state index contributed by atoms with van der Waals surface area (Å²) >= 11 is 6.43. The topological polar surface area (TPSA) is 27.8 Å². The fourth-order valence-corrected chi connectivity index (χ4v) is 1.66. The van der Waals surface area contributed by atoms with Crippen molar-refractivity contribution in [3.8, 4) is 0 Å². The summed E-state index contributed by atoms with van der Waals surface area (Å²) in [6.45, 7) is 2.00. The van der Waals surface area contributed by atoms with Crippen molar-refractivity contribution in [2.24, 2.45) is 0 Å². The minimum Gasteiger partial charge on any atom is -0.365 e. The third-order valence-corrected chi connectivity index (χ3v) is 2.85. The molecule has 1 unspecified atom stereocenters. The van der Waals surface area contributed by atoms with E-state index in [4.69, 9.17) is 11.6 Å². The van der Waals surface area contributed by atoms with Gasteiger partial charge in [0.05, 0.1) is 5.69 Å². The third-order valence-electron chi connectivity index (χ3n) is 2.24. The minimum absolute atomic E-state index is 0.599. The Morgan fingerprint density at radius 1 is 1.46 bits per heavy atom. The number of hydrogen-bond donors (Lipinski definition) is 2. The molecule has 0 spiro atoms. The van der Waals surface area contributed by atoms with Crippen molar-refractivity contribution in [3.63, 3.8) is 0 Å². The molecule has 0 bridgehead atoms. The van der Waals surface area contributed by atoms with Crippen molar-refractivity contribution in [3.05, 3.63) is 47.9 Å². The molecule has 0 saturated heterocycles. The maximum absolute atomic E-state index is 6.43. The van der Waals surface area contributed by atoms with E-state index >= 15 is 0 Å². The lowest BCUT2D eigenvalue weighted by Gasteiger charge is -2.29. The molecule has 2 nitrogen and oxygen atoms in total. The van der Waals surface area contributed by atoms with E-state index in [-0.39, 0.29) is 0 Å². The normalized spacial score (nSPS) is 26.8. The van der Waals surface area contributed by atoms with Gasteiger partial charge in [-0.15, -0.1) is 0 Å². The van der Waals surface area contributed by atoms with E-state index in [0.717, 1.165) is 11.3 Å². The number of dihydropyridines is 1. The molecule has 3 heteroatoms. The number of H-pyrrole nitrogens is 1. The van der Waals surface area contributed by atoms with E-state index in [1.165, 1.54) is 0 Å². The maximum Gasteiger partial charge on any atom is 0.174 e. The van der Waals surface area contributed by atoms with E-state index in [0.29, 0.717) is 0 Å². The molecule has 0 aromatic carbocycles. The fourth-order valence-electron chi connectivity index (χ4n) is 1.42. The first kappa shape index (κ1) is 8.45. The van der Waals surface area contributed by atoms with Crippen LogP contribution in [-0.4, -0.2) is 4.98 Å². The van der Waals surface area contributed by atoms with Gasteiger partial charge >= 0.3 is 0 Å². The van der Waals surface area contributed by atoms with Gasteiger partial charge in [0.1, 0.15) is 0 Å². The molecule has 1 aliphatic rings. The summed E-state index contributed by atoms with van der Waals surface area (Å²) in [4.78, 5) is 2.51. The number of aromatic amines is 1. The predicted octanol–water partition coefficient (Wildman–Crippen LogP) is 2.47. The summed E-state index contributed by atoms with van der Waals surface area (Å²) < 4.78 is 0. The molecule has 1 aromatic rings. The molecule has 2 N–H and O–H groups in total. The standard InChI is InChI=1S/C10H11ClN2/c1-8-4-2-7-13-10(8,11)9-5-3-6-12-9/h2-7,12-13H,1H3. The first-order chi connectivity index (χ1) is 6.23. The van der Waals surface area contributed by atoms with Crippen LogP contribution < -0.4 is 5.32 Å². The van der Waals surface area contributed by atoms with Crippen LogP contribution in [0.1, 0.15) is 12.6 Å². The van der Waals surface area contributed by atoms with E-state index < -0.39 is 5.00 Å². The SMILES string of the molecule is CC1=CC=CNC1(Cl)c1ccc[nH]1. The highest BCUT2D eigenvalue weighted by Gasteiger charge is 2.32. The highest BCUT2D eigenvalue weighted by Crippen LogP contribution is 2.34. The zero-order valence-corrected chi connectivity index (χ0v) is 8.10. The van der Waals surface area contributed by atoms with Crippen LogP contribution in [-0.2, 0) is 5.00 Å². The molecule has 1 atom stereocenters. The number of alkyl halides is 1. The highest BCUT2D eigenvalue weighted by molar-refractivity contribution is 6.25. The summed E-state index contributed by atoms with van der Waals surface area (Å²) in [5.41, 5.74) is 2.05. The average Bonchev–Trinajstić information content (AvgIpc) is 2.63. The third kappa shape index (κ3) is 1.27. The second kappa shape index (κ2) is 2.96. The van der Waals surface area contributed by atoms with E-state index in [1.807, 2.05) is 43.6 Å². The minimum atomic E-state index is -0.599. The van der Waals surface area contributed by atoms with E-state index in [1.54, 1.807) is 0 Å². The highest BCUT2D eigenvalue weighted by atomic mass is 35.5. The summed E-state index contributed by atoms with van der Waals surface area (Å²) in [7, 11) is 0. The number of halogens is 1. The van der Waals surface area contributed by atoms with Gasteiger partial charge in [-0.1, -0.05) is 17.7 Å². The van der Waals surface area contributed by atoms with Gasteiger partial charge in [-0.25, -0.2) is 0 Å². The van der Waals surface area contributed by atoms with Gasteiger partial charge in [-0.05, 0) is 36.9 Å². The Bertz CT molecular complexity index is 351. The molecule has 1 aromatic heterocycles. The zero-order valence-electron chi connectivity index (χ0n) is 7.34. The zero-order chi connectivity index (χ0) is 9.31. The van der Waals surface area contributed by atoms with Crippen molar-refractivity contribution >= 4 is 11.6 Å². The van der Waals surface area contributed by atoms with E-state index in [9.17, 15) is 0 Å². The van der Waals surface area contributed by atoms with Crippen molar-refractivity contribution < 1.29 is 0 Å². The molecular formula is C10H11ClN2. The first-order valence-electron chi connectivity index (χ1n) is 4.18. The molecule has 0 amide bonds. The van der Waals surface area contributed by atoms with Gasteiger partial charge in [0.15, 0.2) is 5.00 Å². The number of nitrogens with one attached hydrogen (secondary N) is 2. The number of rotatable bonds is 1. The van der Waals surface area contributed by atoms with Gasteiger partial charge in [0.25, 0.3) is 0 Å². The van der Waals surface area contributed by atoms with Gasteiger partial charge in [-0.2, -0.15) is 0 Å². The number of allylic oxidation sites excluding steroid dienone is 2. The average molecular weight is 195 g/mol. The Kier molecular flexibility index (Phi) is 1.93.